The molecule has 10 nitrogen and oxygen atoms in total. The number of fused-ring (bicyclic) bond motifs is 2. The van der Waals surface area contributed by atoms with Gasteiger partial charge in [-0.3, -0.25) is 14.1 Å². The molecule has 332 valence electrons. The molecule has 2 amide bonds. The average molecular weight is 871 g/mol. The monoisotopic (exact) mass is 870 g/mol. The molecule has 0 atom stereocenters. The molecule has 2 aliphatic rings. The summed E-state index contributed by atoms with van der Waals surface area (Å²) in [7, 11) is -4.62. The van der Waals surface area contributed by atoms with Crippen molar-refractivity contribution in [1.82, 2.24) is 0 Å². The molecule has 11 heteroatoms. The molecule has 0 radical (unpaired) electrons. The van der Waals surface area contributed by atoms with Crippen LogP contribution in [0.1, 0.15) is 99.4 Å². The Labute approximate surface area is 372 Å². The molecule has 6 rings (SSSR count). The summed E-state index contributed by atoms with van der Waals surface area (Å²) in [6.45, 7) is 26.3. The number of carbonyl (C=O) groups excluding carboxylic acids is 2. The van der Waals surface area contributed by atoms with Crippen LogP contribution in [0, 0.1) is 59.3 Å². The van der Waals surface area contributed by atoms with Gasteiger partial charge in [-0.2, -0.15) is 8.42 Å². The van der Waals surface area contributed by atoms with E-state index in [2.05, 4.69) is 64.4 Å². The van der Waals surface area contributed by atoms with E-state index in [-0.39, 0.29) is 28.5 Å². The molecule has 0 spiro atoms. The highest BCUT2D eigenvalue weighted by atomic mass is 32.2. The van der Waals surface area contributed by atoms with Crippen molar-refractivity contribution in [1.29, 1.82) is 0 Å². The van der Waals surface area contributed by atoms with Crippen LogP contribution in [-0.2, 0) is 32.5 Å². The first-order chi connectivity index (χ1) is 29.6. The first kappa shape index (κ1) is 46.7. The summed E-state index contributed by atoms with van der Waals surface area (Å²) in [5.74, 6) is 0.313. The van der Waals surface area contributed by atoms with E-state index in [1.165, 1.54) is 11.6 Å². The number of nitrogens with zero attached hydrogens (tertiary/aromatic N) is 1. The fraction of sp³-hybridized carbons (Fsp3) is 0.365. The number of anilines is 4. The van der Waals surface area contributed by atoms with Crippen LogP contribution in [0.5, 0.6) is 0 Å². The number of benzene rings is 5. The summed E-state index contributed by atoms with van der Waals surface area (Å²) >= 11 is 0. The van der Waals surface area contributed by atoms with Crippen molar-refractivity contribution in [3.8, 4) is 22.5 Å². The molecule has 4 aromatic rings. The second kappa shape index (κ2) is 18.5. The summed E-state index contributed by atoms with van der Waals surface area (Å²) in [5, 5.41) is 11.3. The Morgan fingerprint density at radius 2 is 1.30 bits per heavy atom. The first-order valence-corrected chi connectivity index (χ1v) is 23.3. The summed E-state index contributed by atoms with van der Waals surface area (Å²) in [5.41, 5.74) is 14.2. The zero-order chi connectivity index (χ0) is 46.2. The molecule has 0 aromatic heterocycles. The van der Waals surface area contributed by atoms with E-state index < -0.39 is 10.1 Å². The van der Waals surface area contributed by atoms with Crippen molar-refractivity contribution >= 4 is 61.3 Å². The smallest absolute Gasteiger partial charge is 0.295 e. The predicted octanol–water partition coefficient (Wildman–Crippen LogP) is 12.6. The largest absolute Gasteiger partial charge is 0.456 e. The molecule has 1 heterocycles. The standard InChI is InChI=1S/C52H62N4O6S/c1-14-17-38-30(8)47(34(12)49(31(38)9)55-51(57)28(4)5)53-36-20-22-39-43(25-36)62-44-26-37(21-23-40(44)46(39)41-18-15-16-19-45(41)63(59,60)61)54-48-32(10)42(24-27(2)3)33(11)50(35(48)13)56-52(58)29(6)7/h15-16,18-23,25-29,54H,14,17,24H2,1-13H3,(H,55,57)(H,56,58)(H,59,60,61). The van der Waals surface area contributed by atoms with Crippen LogP contribution < -0.4 is 21.3 Å². The van der Waals surface area contributed by atoms with Gasteiger partial charge in [0.1, 0.15) is 16.2 Å². The lowest BCUT2D eigenvalue weighted by Gasteiger charge is -2.25. The maximum atomic E-state index is 13.1. The van der Waals surface area contributed by atoms with Gasteiger partial charge in [0.05, 0.1) is 11.0 Å². The lowest BCUT2D eigenvalue weighted by atomic mass is 9.89. The minimum absolute atomic E-state index is 0.0564. The van der Waals surface area contributed by atoms with Crippen molar-refractivity contribution in [3.05, 3.63) is 111 Å². The highest BCUT2D eigenvalue weighted by Crippen LogP contribution is 2.44. The molecular formula is C52H62N4O6S. The van der Waals surface area contributed by atoms with Gasteiger partial charge in [0.25, 0.3) is 10.1 Å². The number of carbonyl (C=O) groups is 2. The van der Waals surface area contributed by atoms with Crippen molar-refractivity contribution in [2.75, 3.05) is 16.0 Å². The van der Waals surface area contributed by atoms with Gasteiger partial charge in [-0.25, -0.2) is 4.99 Å². The van der Waals surface area contributed by atoms with Crippen molar-refractivity contribution in [2.24, 2.45) is 22.7 Å². The maximum Gasteiger partial charge on any atom is 0.295 e. The molecule has 0 saturated heterocycles. The Hall–Kier alpha value is -5.78. The molecule has 4 N–H and O–H groups in total. The van der Waals surface area contributed by atoms with Gasteiger partial charge >= 0.3 is 0 Å². The predicted molar refractivity (Wildman–Crippen MR) is 257 cm³/mol. The van der Waals surface area contributed by atoms with E-state index in [1.807, 2.05) is 77.9 Å². The van der Waals surface area contributed by atoms with Crippen LogP contribution in [0.15, 0.2) is 75.0 Å². The molecule has 0 saturated carbocycles. The SMILES string of the molecule is CCCc1c(C)c(N=c2ccc3c(-c4ccccc4S(=O)(=O)O)c4ccc(Nc5c(C)c(CC(C)C)c(C)c(NC(=O)C(C)C)c5C)cc4oc-3c2)c(C)c(NC(=O)C(C)C)c1C. The summed E-state index contributed by atoms with van der Waals surface area (Å²) in [4.78, 5) is 31.0. The van der Waals surface area contributed by atoms with E-state index in [9.17, 15) is 22.6 Å². The van der Waals surface area contributed by atoms with Gasteiger partial charge in [0.2, 0.25) is 11.8 Å². The lowest BCUT2D eigenvalue weighted by Crippen LogP contribution is -2.20. The Bertz CT molecular complexity index is 2920. The van der Waals surface area contributed by atoms with E-state index in [0.29, 0.717) is 44.7 Å². The Morgan fingerprint density at radius 3 is 1.90 bits per heavy atom. The normalized spacial score (nSPS) is 12.3. The summed E-state index contributed by atoms with van der Waals surface area (Å²) in [6.07, 6.45) is 2.58. The quantitative estimate of drug-likeness (QED) is 0.0666. The van der Waals surface area contributed by atoms with Crippen LogP contribution in [0.4, 0.5) is 28.4 Å². The van der Waals surface area contributed by atoms with Crippen LogP contribution in [0.3, 0.4) is 0 Å². The van der Waals surface area contributed by atoms with E-state index in [0.717, 1.165) is 86.6 Å². The number of hydrogen-bond acceptors (Lipinski definition) is 7. The summed E-state index contributed by atoms with van der Waals surface area (Å²) in [6, 6.07) is 17.7. The molecule has 0 bridgehead atoms. The molecule has 63 heavy (non-hydrogen) atoms. The zero-order valence-corrected chi connectivity index (χ0v) is 39.8. The molecule has 0 unspecified atom stereocenters. The lowest BCUT2D eigenvalue weighted by molar-refractivity contribution is -0.119. The average Bonchev–Trinajstić information content (AvgIpc) is 3.22. The maximum absolute atomic E-state index is 13.1. The second-order valence-electron chi connectivity index (χ2n) is 17.9. The van der Waals surface area contributed by atoms with E-state index in [4.69, 9.17) is 9.41 Å². The zero-order valence-electron chi connectivity index (χ0n) is 39.0. The van der Waals surface area contributed by atoms with Crippen LogP contribution in [0.25, 0.3) is 33.4 Å². The fourth-order valence-electron chi connectivity index (χ4n) is 8.62. The van der Waals surface area contributed by atoms with Crippen LogP contribution in [-0.4, -0.2) is 24.8 Å². The highest BCUT2D eigenvalue weighted by Gasteiger charge is 2.26. The molecular weight excluding hydrogens is 809 g/mol. The van der Waals surface area contributed by atoms with Gasteiger partial charge in [0.15, 0.2) is 0 Å². The number of amides is 2. The number of nitrogens with one attached hydrogen (secondary N) is 3. The molecule has 0 fully saturated rings. The van der Waals surface area contributed by atoms with Gasteiger partial charge in [-0.15, -0.1) is 0 Å². The van der Waals surface area contributed by atoms with E-state index >= 15 is 0 Å². The highest BCUT2D eigenvalue weighted by molar-refractivity contribution is 7.86. The summed E-state index contributed by atoms with van der Waals surface area (Å²) < 4.78 is 43.0. The van der Waals surface area contributed by atoms with Gasteiger partial charge in [-0.05, 0) is 135 Å². The number of rotatable bonds is 13. The van der Waals surface area contributed by atoms with Crippen molar-refractivity contribution in [3.63, 3.8) is 0 Å². The topological polar surface area (TPSA) is 150 Å². The van der Waals surface area contributed by atoms with Crippen LogP contribution >= 0.6 is 0 Å². The van der Waals surface area contributed by atoms with Gasteiger partial charge < -0.3 is 20.4 Å². The van der Waals surface area contributed by atoms with Gasteiger partial charge in [-0.1, -0.05) is 73.1 Å². The Balaban J connectivity index is 1.62. The third-order valence-electron chi connectivity index (χ3n) is 12.1. The number of hydrogen-bond donors (Lipinski definition) is 4. The second-order valence-corrected chi connectivity index (χ2v) is 19.3. The third-order valence-corrected chi connectivity index (χ3v) is 13.0. The molecule has 1 aliphatic heterocycles. The van der Waals surface area contributed by atoms with Crippen LogP contribution in [0.2, 0.25) is 0 Å². The van der Waals surface area contributed by atoms with Crippen molar-refractivity contribution in [2.45, 2.75) is 114 Å². The Kier molecular flexibility index (Phi) is 13.7. The molecule has 4 aromatic carbocycles. The first-order valence-electron chi connectivity index (χ1n) is 21.9. The fourth-order valence-corrected chi connectivity index (χ4v) is 9.32. The van der Waals surface area contributed by atoms with Crippen molar-refractivity contribution < 1.29 is 27.0 Å². The third kappa shape index (κ3) is 9.45. The Morgan fingerprint density at radius 1 is 0.698 bits per heavy atom. The minimum atomic E-state index is -4.62. The van der Waals surface area contributed by atoms with E-state index in [1.54, 1.807) is 18.2 Å². The minimum Gasteiger partial charge on any atom is -0.456 e. The molecule has 1 aliphatic carbocycles. The van der Waals surface area contributed by atoms with Gasteiger partial charge in [0, 0.05) is 68.8 Å².